The Morgan fingerprint density at radius 3 is 2.22 bits per heavy atom. The number of rotatable bonds is 6. The van der Waals surface area contributed by atoms with Gasteiger partial charge < -0.3 is 10.3 Å². The van der Waals surface area contributed by atoms with Crippen LogP contribution in [0.3, 0.4) is 0 Å². The van der Waals surface area contributed by atoms with E-state index in [1.807, 2.05) is 12.3 Å². The van der Waals surface area contributed by atoms with Crippen molar-refractivity contribution in [2.75, 3.05) is 6.54 Å². The van der Waals surface area contributed by atoms with E-state index in [2.05, 4.69) is 63.8 Å². The van der Waals surface area contributed by atoms with Crippen LogP contribution in [0.2, 0.25) is 0 Å². The Bertz CT molecular complexity index is 653. The smallest absolute Gasteiger partial charge is 0.0921 e. The van der Waals surface area contributed by atoms with Crippen LogP contribution >= 0.6 is 24.8 Å². The lowest BCUT2D eigenvalue weighted by molar-refractivity contribution is 0.681. The Kier molecular flexibility index (Phi) is 8.41. The number of aromatic amines is 1. The van der Waals surface area contributed by atoms with E-state index in [1.54, 1.807) is 6.33 Å². The molecule has 3 rings (SSSR count). The van der Waals surface area contributed by atoms with Crippen LogP contribution in [0.25, 0.3) is 11.1 Å². The van der Waals surface area contributed by atoms with Crippen LogP contribution in [0.5, 0.6) is 0 Å². The van der Waals surface area contributed by atoms with Crippen LogP contribution < -0.4 is 5.32 Å². The van der Waals surface area contributed by atoms with E-state index >= 15 is 0 Å². The Morgan fingerprint density at radius 2 is 1.57 bits per heavy atom. The van der Waals surface area contributed by atoms with Gasteiger partial charge in [0, 0.05) is 31.4 Å². The maximum atomic E-state index is 4.01. The summed E-state index contributed by atoms with van der Waals surface area (Å²) in [6.45, 7) is 1.84. The topological polar surface area (TPSA) is 40.7 Å². The molecule has 0 radical (unpaired) electrons. The molecule has 0 unspecified atom stereocenters. The second-order valence-corrected chi connectivity index (χ2v) is 5.07. The fourth-order valence-electron chi connectivity index (χ4n) is 2.32. The number of H-pyrrole nitrogens is 1. The maximum absolute atomic E-state index is 4.01. The zero-order valence-electron chi connectivity index (χ0n) is 12.7. The van der Waals surface area contributed by atoms with Crippen molar-refractivity contribution in [1.29, 1.82) is 0 Å². The first kappa shape index (κ1) is 19.2. The molecule has 0 bridgehead atoms. The van der Waals surface area contributed by atoms with Gasteiger partial charge in [-0.05, 0) is 16.7 Å². The summed E-state index contributed by atoms with van der Waals surface area (Å²) in [5.41, 5.74) is 4.99. The van der Waals surface area contributed by atoms with Crippen molar-refractivity contribution in [1.82, 2.24) is 15.3 Å². The van der Waals surface area contributed by atoms with E-state index in [9.17, 15) is 0 Å². The van der Waals surface area contributed by atoms with Crippen molar-refractivity contribution >= 4 is 24.8 Å². The molecule has 0 saturated carbocycles. The molecular formula is C18H21Cl2N3. The van der Waals surface area contributed by atoms with Gasteiger partial charge in [-0.2, -0.15) is 0 Å². The second-order valence-electron chi connectivity index (χ2n) is 5.07. The molecule has 2 aromatic carbocycles. The van der Waals surface area contributed by atoms with Crippen molar-refractivity contribution in [3.8, 4) is 11.1 Å². The largest absolute Gasteiger partial charge is 0.348 e. The van der Waals surface area contributed by atoms with Crippen molar-refractivity contribution in [2.24, 2.45) is 0 Å². The van der Waals surface area contributed by atoms with E-state index in [1.165, 1.54) is 22.4 Å². The average molecular weight is 350 g/mol. The molecule has 0 saturated heterocycles. The van der Waals surface area contributed by atoms with Gasteiger partial charge in [-0.25, -0.2) is 4.98 Å². The van der Waals surface area contributed by atoms with Gasteiger partial charge in [0.25, 0.3) is 0 Å². The third kappa shape index (κ3) is 5.71. The quantitative estimate of drug-likeness (QED) is 0.653. The van der Waals surface area contributed by atoms with Crippen LogP contribution in [0.4, 0.5) is 0 Å². The first-order valence-corrected chi connectivity index (χ1v) is 7.24. The van der Waals surface area contributed by atoms with Crippen molar-refractivity contribution < 1.29 is 0 Å². The van der Waals surface area contributed by atoms with Crippen molar-refractivity contribution in [3.05, 3.63) is 78.4 Å². The van der Waals surface area contributed by atoms with Gasteiger partial charge in [0.15, 0.2) is 0 Å². The fourth-order valence-corrected chi connectivity index (χ4v) is 2.32. The number of hydrogen-bond donors (Lipinski definition) is 2. The van der Waals surface area contributed by atoms with E-state index in [0.29, 0.717) is 0 Å². The number of hydrogen-bond acceptors (Lipinski definition) is 2. The average Bonchev–Trinajstić information content (AvgIpc) is 3.06. The molecule has 3 nitrogen and oxygen atoms in total. The summed E-state index contributed by atoms with van der Waals surface area (Å²) in [4.78, 5) is 7.12. The number of imidazole rings is 1. The molecule has 0 amide bonds. The minimum absolute atomic E-state index is 0. The summed E-state index contributed by atoms with van der Waals surface area (Å²) in [6.07, 6.45) is 4.57. The van der Waals surface area contributed by atoms with Gasteiger partial charge in [-0.3, -0.25) is 0 Å². The molecule has 5 heteroatoms. The van der Waals surface area contributed by atoms with Gasteiger partial charge in [0.05, 0.1) is 6.33 Å². The molecule has 122 valence electrons. The molecule has 1 heterocycles. The Labute approximate surface area is 149 Å². The van der Waals surface area contributed by atoms with E-state index in [0.717, 1.165) is 19.5 Å². The highest BCUT2D eigenvalue weighted by Crippen LogP contribution is 2.19. The zero-order valence-corrected chi connectivity index (χ0v) is 14.4. The number of halogens is 2. The molecule has 0 aliphatic heterocycles. The molecule has 0 aliphatic rings. The van der Waals surface area contributed by atoms with Gasteiger partial charge >= 0.3 is 0 Å². The van der Waals surface area contributed by atoms with Crippen LogP contribution in [-0.2, 0) is 13.0 Å². The highest BCUT2D eigenvalue weighted by Gasteiger charge is 1.98. The number of aromatic nitrogens is 2. The minimum atomic E-state index is 0. The fraction of sp³-hybridized carbons (Fsp3) is 0.167. The summed E-state index contributed by atoms with van der Waals surface area (Å²) in [7, 11) is 0. The van der Waals surface area contributed by atoms with Crippen LogP contribution in [-0.4, -0.2) is 16.5 Å². The molecule has 2 N–H and O–H groups in total. The summed E-state index contributed by atoms with van der Waals surface area (Å²) >= 11 is 0. The van der Waals surface area contributed by atoms with Crippen molar-refractivity contribution in [2.45, 2.75) is 13.0 Å². The Morgan fingerprint density at radius 1 is 0.870 bits per heavy atom. The zero-order chi connectivity index (χ0) is 14.3. The third-order valence-electron chi connectivity index (χ3n) is 3.52. The number of nitrogens with one attached hydrogen (secondary N) is 2. The lowest BCUT2D eigenvalue weighted by Gasteiger charge is -2.06. The molecule has 1 aromatic heterocycles. The summed E-state index contributed by atoms with van der Waals surface area (Å²) in [5, 5.41) is 3.45. The standard InChI is InChI=1S/C18H19N3.2ClH/c1-2-4-16(5-3-1)17-8-6-15(7-9-17)12-19-11-10-18-13-20-14-21-18;;/h1-9,13-14,19H,10-12H2,(H,20,21);2*1H. The highest BCUT2D eigenvalue weighted by atomic mass is 35.5. The number of nitrogens with zero attached hydrogens (tertiary/aromatic N) is 1. The first-order chi connectivity index (χ1) is 10.4. The molecule has 0 atom stereocenters. The van der Waals surface area contributed by atoms with Gasteiger partial charge in [0.2, 0.25) is 0 Å². The monoisotopic (exact) mass is 349 g/mol. The van der Waals surface area contributed by atoms with Crippen LogP contribution in [0.15, 0.2) is 67.1 Å². The van der Waals surface area contributed by atoms with Gasteiger partial charge in [0.1, 0.15) is 0 Å². The maximum Gasteiger partial charge on any atom is 0.0921 e. The lowest BCUT2D eigenvalue weighted by atomic mass is 10.0. The SMILES string of the molecule is Cl.Cl.c1ccc(-c2ccc(CNCCc3cnc[nH]3)cc2)cc1. The van der Waals surface area contributed by atoms with Crippen LogP contribution in [0.1, 0.15) is 11.3 Å². The third-order valence-corrected chi connectivity index (χ3v) is 3.52. The predicted octanol–water partition coefficient (Wildman–Crippen LogP) is 4.25. The predicted molar refractivity (Wildman–Crippen MR) is 100 cm³/mol. The Balaban J connectivity index is 0.00000132. The van der Waals surface area contributed by atoms with E-state index in [-0.39, 0.29) is 24.8 Å². The minimum Gasteiger partial charge on any atom is -0.348 e. The highest BCUT2D eigenvalue weighted by molar-refractivity contribution is 5.85. The van der Waals surface area contributed by atoms with Gasteiger partial charge in [-0.1, -0.05) is 54.6 Å². The molecule has 23 heavy (non-hydrogen) atoms. The van der Waals surface area contributed by atoms with Gasteiger partial charge in [-0.15, -0.1) is 24.8 Å². The summed E-state index contributed by atoms with van der Waals surface area (Å²) < 4.78 is 0. The lowest BCUT2D eigenvalue weighted by Crippen LogP contribution is -2.16. The first-order valence-electron chi connectivity index (χ1n) is 7.24. The number of benzene rings is 2. The Hall–Kier alpha value is -1.81. The van der Waals surface area contributed by atoms with Crippen molar-refractivity contribution in [3.63, 3.8) is 0 Å². The van der Waals surface area contributed by atoms with E-state index in [4.69, 9.17) is 0 Å². The van der Waals surface area contributed by atoms with E-state index < -0.39 is 0 Å². The molecule has 0 fully saturated rings. The molecular weight excluding hydrogens is 329 g/mol. The molecule has 0 aliphatic carbocycles. The van der Waals surface area contributed by atoms with Crippen LogP contribution in [0, 0.1) is 0 Å². The summed E-state index contributed by atoms with van der Waals surface area (Å²) in [6, 6.07) is 19.2. The normalized spacial score (nSPS) is 9.74. The second kappa shape index (κ2) is 10.1. The molecule has 0 spiro atoms. The molecule has 3 aromatic rings. The summed E-state index contributed by atoms with van der Waals surface area (Å²) in [5.74, 6) is 0.